The molecule has 0 spiro atoms. The fraction of sp³-hybridized carbons (Fsp3) is 0.455. The monoisotopic (exact) mass is 447 g/mol. The Morgan fingerprint density at radius 1 is 1.13 bits per heavy atom. The number of hydrogen-bond acceptors (Lipinski definition) is 6. The van der Waals surface area contributed by atoms with Gasteiger partial charge in [-0.3, -0.25) is 10.1 Å². The van der Waals surface area contributed by atoms with Gasteiger partial charge in [-0.05, 0) is 43.9 Å². The van der Waals surface area contributed by atoms with Gasteiger partial charge in [0.05, 0.1) is 19.5 Å². The van der Waals surface area contributed by atoms with Gasteiger partial charge in [0, 0.05) is 30.4 Å². The first-order chi connectivity index (χ1) is 14.7. The van der Waals surface area contributed by atoms with Gasteiger partial charge in [-0.15, -0.1) is 0 Å². The van der Waals surface area contributed by atoms with Crippen molar-refractivity contribution in [1.82, 2.24) is 14.5 Å². The van der Waals surface area contributed by atoms with Gasteiger partial charge in [0.1, 0.15) is 0 Å². The number of amides is 3. The lowest BCUT2D eigenvalue weighted by molar-refractivity contribution is -0.116. The number of nitrogens with one attached hydrogen (secondary N) is 1. The van der Waals surface area contributed by atoms with E-state index in [0.29, 0.717) is 49.0 Å². The number of carbonyl (C=O) groups is 2. The van der Waals surface area contributed by atoms with Gasteiger partial charge in [-0.25, -0.2) is 17.5 Å². The average molecular weight is 448 g/mol. The molecule has 1 aliphatic carbocycles. The van der Waals surface area contributed by atoms with Crippen LogP contribution in [0.5, 0.6) is 0 Å². The highest BCUT2D eigenvalue weighted by Gasteiger charge is 2.33. The number of hydrogen-bond donors (Lipinski definition) is 1. The largest absolute Gasteiger partial charge is 0.378 e. The molecule has 1 aromatic carbocycles. The van der Waals surface area contributed by atoms with Crippen molar-refractivity contribution in [3.63, 3.8) is 0 Å². The van der Waals surface area contributed by atoms with E-state index in [0.717, 1.165) is 23.1 Å². The van der Waals surface area contributed by atoms with Crippen molar-refractivity contribution in [1.29, 1.82) is 0 Å². The minimum Gasteiger partial charge on any atom is -0.378 e. The third-order valence-electron chi connectivity index (χ3n) is 5.22. The summed E-state index contributed by atoms with van der Waals surface area (Å²) in [6, 6.07) is 8.32. The van der Waals surface area contributed by atoms with E-state index in [1.807, 2.05) is 30.3 Å². The molecule has 0 saturated carbocycles. The standard InChI is InChI=1S/C22H29N3O5S/c1-16(2)25(31(3,28)29)22(27)23-21(26)19-10-9-18(15-17-7-5-4-6-8-17)20(19)24-11-13-30-14-12-24/h4-8,15-16H,9-14H2,1-3H3,(H,23,26,27). The first-order valence-electron chi connectivity index (χ1n) is 10.3. The summed E-state index contributed by atoms with van der Waals surface area (Å²) < 4.78 is 30.1. The van der Waals surface area contributed by atoms with Crippen LogP contribution in [-0.4, -0.2) is 68.2 Å². The molecule has 31 heavy (non-hydrogen) atoms. The van der Waals surface area contributed by atoms with Crippen LogP contribution in [0.4, 0.5) is 4.79 Å². The Hall–Kier alpha value is -2.65. The molecule has 0 aromatic heterocycles. The van der Waals surface area contributed by atoms with E-state index in [-0.39, 0.29) is 0 Å². The lowest BCUT2D eigenvalue weighted by Gasteiger charge is -2.31. The Morgan fingerprint density at radius 3 is 2.35 bits per heavy atom. The van der Waals surface area contributed by atoms with Crippen molar-refractivity contribution < 1.29 is 22.7 Å². The molecule has 1 heterocycles. The van der Waals surface area contributed by atoms with Crippen LogP contribution in [0.15, 0.2) is 47.2 Å². The lowest BCUT2D eigenvalue weighted by atomic mass is 10.1. The number of benzene rings is 1. The molecule has 1 N–H and O–H groups in total. The van der Waals surface area contributed by atoms with E-state index in [2.05, 4.69) is 16.3 Å². The van der Waals surface area contributed by atoms with E-state index < -0.39 is 28.0 Å². The van der Waals surface area contributed by atoms with E-state index in [1.54, 1.807) is 13.8 Å². The maximum atomic E-state index is 13.1. The molecule has 0 bridgehead atoms. The fourth-order valence-corrected chi connectivity index (χ4v) is 5.09. The molecule has 2 aliphatic rings. The quantitative estimate of drug-likeness (QED) is 0.744. The van der Waals surface area contributed by atoms with Crippen LogP contribution >= 0.6 is 0 Å². The maximum absolute atomic E-state index is 13.1. The summed E-state index contributed by atoms with van der Waals surface area (Å²) in [6.07, 6.45) is 4.15. The zero-order valence-corrected chi connectivity index (χ0v) is 18.9. The summed E-state index contributed by atoms with van der Waals surface area (Å²) >= 11 is 0. The highest BCUT2D eigenvalue weighted by molar-refractivity contribution is 7.88. The van der Waals surface area contributed by atoms with Crippen LogP contribution in [0.1, 0.15) is 32.3 Å². The number of urea groups is 1. The highest BCUT2D eigenvalue weighted by atomic mass is 32.2. The normalized spacial score (nSPS) is 18.6. The van der Waals surface area contributed by atoms with Crippen molar-refractivity contribution in [3.05, 3.63) is 52.7 Å². The van der Waals surface area contributed by atoms with Gasteiger partial charge < -0.3 is 9.64 Å². The van der Waals surface area contributed by atoms with Crippen molar-refractivity contribution in [2.24, 2.45) is 0 Å². The van der Waals surface area contributed by atoms with Gasteiger partial charge in [-0.1, -0.05) is 30.3 Å². The zero-order valence-electron chi connectivity index (χ0n) is 18.1. The average Bonchev–Trinajstić information content (AvgIpc) is 3.11. The predicted octanol–water partition coefficient (Wildman–Crippen LogP) is 2.36. The predicted molar refractivity (Wildman–Crippen MR) is 118 cm³/mol. The number of ether oxygens (including phenoxy) is 1. The number of rotatable bonds is 5. The zero-order chi connectivity index (χ0) is 22.6. The molecule has 8 nitrogen and oxygen atoms in total. The molecule has 168 valence electrons. The Balaban J connectivity index is 1.93. The van der Waals surface area contributed by atoms with Crippen LogP contribution in [0.25, 0.3) is 6.08 Å². The number of morpholine rings is 1. The minimum atomic E-state index is -3.80. The van der Waals surface area contributed by atoms with Crippen LogP contribution < -0.4 is 5.32 Å². The first-order valence-corrected chi connectivity index (χ1v) is 12.2. The maximum Gasteiger partial charge on any atom is 0.338 e. The molecule has 0 radical (unpaired) electrons. The summed E-state index contributed by atoms with van der Waals surface area (Å²) in [5, 5.41) is 2.29. The fourth-order valence-electron chi connectivity index (χ4n) is 3.98. The topological polar surface area (TPSA) is 96.0 Å². The van der Waals surface area contributed by atoms with Crippen molar-refractivity contribution in [2.45, 2.75) is 32.7 Å². The number of carbonyl (C=O) groups excluding carboxylic acids is 2. The van der Waals surface area contributed by atoms with Crippen molar-refractivity contribution in [2.75, 3.05) is 32.6 Å². The molecule has 1 aliphatic heterocycles. The molecular formula is C22H29N3O5S. The molecular weight excluding hydrogens is 418 g/mol. The Morgan fingerprint density at radius 2 is 1.77 bits per heavy atom. The molecule has 0 atom stereocenters. The van der Waals surface area contributed by atoms with Gasteiger partial charge in [0.25, 0.3) is 5.91 Å². The van der Waals surface area contributed by atoms with E-state index in [1.165, 1.54) is 0 Å². The summed E-state index contributed by atoms with van der Waals surface area (Å²) in [5.41, 5.74) is 3.36. The van der Waals surface area contributed by atoms with E-state index in [4.69, 9.17) is 4.74 Å². The number of imide groups is 1. The van der Waals surface area contributed by atoms with Gasteiger partial charge in [0.15, 0.2) is 0 Å². The van der Waals surface area contributed by atoms with E-state index >= 15 is 0 Å². The number of sulfonamides is 1. The second-order valence-corrected chi connectivity index (χ2v) is 9.78. The van der Waals surface area contributed by atoms with Crippen LogP contribution in [0.2, 0.25) is 0 Å². The second-order valence-electron chi connectivity index (χ2n) is 7.92. The Labute approximate surface area is 183 Å². The first kappa shape index (κ1) is 23.0. The SMILES string of the molecule is CC(C)N(C(=O)NC(=O)C1=C(N2CCOCC2)C(=Cc2ccccc2)CC1)S(C)(=O)=O. The molecule has 3 amide bonds. The van der Waals surface area contributed by atoms with Crippen molar-refractivity contribution >= 4 is 28.0 Å². The van der Waals surface area contributed by atoms with Crippen LogP contribution in [-0.2, 0) is 19.6 Å². The Bertz CT molecular complexity index is 993. The van der Waals surface area contributed by atoms with E-state index in [9.17, 15) is 18.0 Å². The molecule has 9 heteroatoms. The highest BCUT2D eigenvalue weighted by Crippen LogP contribution is 2.36. The minimum absolute atomic E-state index is 0.477. The molecule has 0 unspecified atom stereocenters. The Kier molecular flexibility index (Phi) is 7.17. The van der Waals surface area contributed by atoms with Crippen molar-refractivity contribution in [3.8, 4) is 0 Å². The summed E-state index contributed by atoms with van der Waals surface area (Å²) in [4.78, 5) is 27.8. The molecule has 1 fully saturated rings. The van der Waals surface area contributed by atoms with Gasteiger partial charge >= 0.3 is 6.03 Å². The smallest absolute Gasteiger partial charge is 0.338 e. The number of nitrogens with zero attached hydrogens (tertiary/aromatic N) is 2. The van der Waals surface area contributed by atoms with Gasteiger partial charge in [0.2, 0.25) is 10.0 Å². The summed E-state index contributed by atoms with van der Waals surface area (Å²) in [5.74, 6) is -0.558. The number of allylic oxidation sites excluding steroid dienone is 1. The third-order valence-corrected chi connectivity index (χ3v) is 6.53. The molecule has 3 rings (SSSR count). The van der Waals surface area contributed by atoms with Gasteiger partial charge in [-0.2, -0.15) is 0 Å². The van der Waals surface area contributed by atoms with Crippen LogP contribution in [0.3, 0.4) is 0 Å². The third kappa shape index (κ3) is 5.54. The summed E-state index contributed by atoms with van der Waals surface area (Å²) in [6.45, 7) is 5.58. The second kappa shape index (κ2) is 9.65. The summed E-state index contributed by atoms with van der Waals surface area (Å²) in [7, 11) is -3.80. The van der Waals surface area contributed by atoms with Crippen LogP contribution in [0, 0.1) is 0 Å². The molecule has 1 saturated heterocycles. The molecule has 1 aromatic rings. The lowest BCUT2D eigenvalue weighted by Crippen LogP contribution is -2.49.